The fourth-order valence-electron chi connectivity index (χ4n) is 2.55. The molecule has 1 fully saturated rings. The van der Waals surface area contributed by atoms with Gasteiger partial charge in [-0.15, -0.1) is 0 Å². The summed E-state index contributed by atoms with van der Waals surface area (Å²) < 4.78 is 5.25. The van der Waals surface area contributed by atoms with Crippen molar-refractivity contribution in [3.63, 3.8) is 0 Å². The van der Waals surface area contributed by atoms with Gasteiger partial charge in [-0.3, -0.25) is 9.59 Å². The van der Waals surface area contributed by atoms with E-state index >= 15 is 0 Å². The van der Waals surface area contributed by atoms with Crippen LogP contribution < -0.4 is 9.64 Å². The van der Waals surface area contributed by atoms with E-state index in [9.17, 15) is 9.59 Å². The van der Waals surface area contributed by atoms with E-state index in [1.165, 1.54) is 0 Å². The first kappa shape index (κ1) is 13.4. The van der Waals surface area contributed by atoms with Gasteiger partial charge in [-0.1, -0.05) is 30.3 Å². The summed E-state index contributed by atoms with van der Waals surface area (Å²) >= 11 is 0. The van der Waals surface area contributed by atoms with Crippen molar-refractivity contribution in [1.82, 2.24) is 0 Å². The average molecular weight is 281 g/mol. The number of benzene rings is 2. The molecule has 0 unspecified atom stereocenters. The van der Waals surface area contributed by atoms with Gasteiger partial charge in [0.15, 0.2) is 5.78 Å². The number of carbonyl (C=O) groups is 2. The smallest absolute Gasteiger partial charge is 0.234 e. The van der Waals surface area contributed by atoms with Crippen molar-refractivity contribution in [3.8, 4) is 16.9 Å². The number of hydrogen-bond donors (Lipinski definition) is 0. The molecular formula is C17H15NO3. The van der Waals surface area contributed by atoms with Crippen molar-refractivity contribution in [1.29, 1.82) is 0 Å². The summed E-state index contributed by atoms with van der Waals surface area (Å²) in [4.78, 5) is 25.0. The highest BCUT2D eigenvalue weighted by atomic mass is 16.5. The molecule has 1 aliphatic rings. The second kappa shape index (κ2) is 5.40. The number of hydrogen-bond acceptors (Lipinski definition) is 3. The Morgan fingerprint density at radius 3 is 2.57 bits per heavy atom. The Morgan fingerprint density at radius 1 is 1.05 bits per heavy atom. The van der Waals surface area contributed by atoms with Gasteiger partial charge in [-0.2, -0.15) is 0 Å². The zero-order valence-corrected chi connectivity index (χ0v) is 11.7. The van der Waals surface area contributed by atoms with Crippen LogP contribution in [0.3, 0.4) is 0 Å². The molecule has 0 aromatic heterocycles. The molecule has 106 valence electrons. The lowest BCUT2D eigenvalue weighted by Gasteiger charge is -2.19. The monoisotopic (exact) mass is 281 g/mol. The molecule has 4 heteroatoms. The van der Waals surface area contributed by atoms with Crippen molar-refractivity contribution in [2.75, 3.05) is 18.6 Å². The lowest BCUT2D eigenvalue weighted by atomic mass is 10.0. The van der Waals surface area contributed by atoms with Gasteiger partial charge in [-0.05, 0) is 23.8 Å². The van der Waals surface area contributed by atoms with Crippen LogP contribution in [0.25, 0.3) is 11.1 Å². The molecule has 1 amide bonds. The lowest BCUT2D eigenvalue weighted by Crippen LogP contribution is -2.25. The Balaban J connectivity index is 2.07. The minimum Gasteiger partial charge on any atom is -0.497 e. The van der Waals surface area contributed by atoms with Crippen molar-refractivity contribution in [3.05, 3.63) is 48.5 Å². The van der Waals surface area contributed by atoms with Gasteiger partial charge < -0.3 is 9.64 Å². The highest BCUT2D eigenvalue weighted by molar-refractivity contribution is 6.16. The third-order valence-electron chi connectivity index (χ3n) is 3.56. The number of rotatable bonds is 3. The van der Waals surface area contributed by atoms with Gasteiger partial charge in [0.25, 0.3) is 0 Å². The van der Waals surface area contributed by atoms with Gasteiger partial charge >= 0.3 is 0 Å². The maximum absolute atomic E-state index is 12.0. The van der Waals surface area contributed by atoms with Crippen LogP contribution in [0.5, 0.6) is 5.75 Å². The summed E-state index contributed by atoms with van der Waals surface area (Å²) in [5.74, 6) is 0.571. The molecule has 0 spiro atoms. The van der Waals surface area contributed by atoms with E-state index in [-0.39, 0.29) is 24.7 Å². The van der Waals surface area contributed by atoms with Crippen LogP contribution in [0.1, 0.15) is 6.42 Å². The standard InChI is InChI=1S/C17H15NO3/c1-21-14-6-4-5-12(9-14)15-7-2-3-8-16(15)18-11-13(19)10-17(18)20/h2-9H,10-11H2,1H3. The first-order valence-electron chi connectivity index (χ1n) is 6.74. The number of para-hydroxylation sites is 1. The van der Waals surface area contributed by atoms with Gasteiger partial charge in [-0.25, -0.2) is 0 Å². The first-order valence-corrected chi connectivity index (χ1v) is 6.74. The van der Waals surface area contributed by atoms with Crippen LogP contribution in [0.2, 0.25) is 0 Å². The lowest BCUT2D eigenvalue weighted by molar-refractivity contribution is -0.121. The molecule has 0 aliphatic carbocycles. The molecule has 3 rings (SSSR count). The summed E-state index contributed by atoms with van der Waals surface area (Å²) in [6.07, 6.45) is -0.00749. The zero-order valence-electron chi connectivity index (χ0n) is 11.7. The van der Waals surface area contributed by atoms with Gasteiger partial charge in [0, 0.05) is 5.56 Å². The SMILES string of the molecule is COc1cccc(-c2ccccc2N2CC(=O)CC2=O)c1. The van der Waals surface area contributed by atoms with Crippen LogP contribution in [-0.4, -0.2) is 25.3 Å². The summed E-state index contributed by atoms with van der Waals surface area (Å²) in [5.41, 5.74) is 2.64. The quantitative estimate of drug-likeness (QED) is 0.813. The molecule has 1 heterocycles. The minimum atomic E-state index is -0.143. The molecule has 0 N–H and O–H groups in total. The summed E-state index contributed by atoms with van der Waals surface area (Å²) in [7, 11) is 1.62. The van der Waals surface area contributed by atoms with Crippen LogP contribution >= 0.6 is 0 Å². The number of anilines is 1. The summed E-state index contributed by atoms with van der Waals surface area (Å²) in [6.45, 7) is 0.153. The molecule has 0 radical (unpaired) electrons. The van der Waals surface area contributed by atoms with Crippen LogP contribution in [0, 0.1) is 0 Å². The fourth-order valence-corrected chi connectivity index (χ4v) is 2.55. The van der Waals surface area contributed by atoms with Crippen molar-refractivity contribution < 1.29 is 14.3 Å². The molecule has 1 saturated heterocycles. The largest absolute Gasteiger partial charge is 0.497 e. The number of ether oxygens (including phenoxy) is 1. The first-order chi connectivity index (χ1) is 10.2. The highest BCUT2D eigenvalue weighted by Crippen LogP contribution is 2.34. The van der Waals surface area contributed by atoms with E-state index in [1.807, 2.05) is 48.5 Å². The van der Waals surface area contributed by atoms with Crippen LogP contribution in [-0.2, 0) is 9.59 Å². The Kier molecular flexibility index (Phi) is 3.44. The molecule has 2 aromatic carbocycles. The molecule has 0 bridgehead atoms. The summed E-state index contributed by atoms with van der Waals surface area (Å²) in [6, 6.07) is 15.3. The number of nitrogens with zero attached hydrogens (tertiary/aromatic N) is 1. The van der Waals surface area contributed by atoms with Gasteiger partial charge in [0.2, 0.25) is 5.91 Å². The van der Waals surface area contributed by atoms with E-state index in [2.05, 4.69) is 0 Å². The Morgan fingerprint density at radius 2 is 1.86 bits per heavy atom. The molecule has 2 aromatic rings. The fraction of sp³-hybridized carbons (Fsp3) is 0.176. The third kappa shape index (κ3) is 2.52. The number of carbonyl (C=O) groups excluding carboxylic acids is 2. The Bertz CT molecular complexity index is 709. The predicted octanol–water partition coefficient (Wildman–Crippen LogP) is 2.67. The summed E-state index contributed by atoms with van der Waals surface area (Å²) in [5, 5.41) is 0. The maximum Gasteiger partial charge on any atom is 0.234 e. The zero-order chi connectivity index (χ0) is 14.8. The highest BCUT2D eigenvalue weighted by Gasteiger charge is 2.29. The van der Waals surface area contributed by atoms with Crippen LogP contribution in [0.15, 0.2) is 48.5 Å². The normalized spacial score (nSPS) is 14.6. The topological polar surface area (TPSA) is 46.6 Å². The second-order valence-electron chi connectivity index (χ2n) is 4.94. The van der Waals surface area contributed by atoms with E-state index in [0.29, 0.717) is 0 Å². The molecule has 21 heavy (non-hydrogen) atoms. The number of ketones is 1. The second-order valence-corrected chi connectivity index (χ2v) is 4.94. The molecule has 0 saturated carbocycles. The number of methoxy groups -OCH3 is 1. The van der Waals surface area contributed by atoms with Gasteiger partial charge in [0.1, 0.15) is 5.75 Å². The molecular weight excluding hydrogens is 266 g/mol. The van der Waals surface area contributed by atoms with E-state index in [0.717, 1.165) is 22.6 Å². The Hall–Kier alpha value is -2.62. The number of Topliss-reactive ketones (excluding diaryl/α,β-unsaturated/α-hetero) is 1. The molecule has 0 atom stereocenters. The maximum atomic E-state index is 12.0. The molecule has 1 aliphatic heterocycles. The predicted molar refractivity (Wildman–Crippen MR) is 80.4 cm³/mol. The van der Waals surface area contributed by atoms with Crippen molar-refractivity contribution in [2.45, 2.75) is 6.42 Å². The van der Waals surface area contributed by atoms with Crippen molar-refractivity contribution in [2.24, 2.45) is 0 Å². The van der Waals surface area contributed by atoms with Crippen molar-refractivity contribution >= 4 is 17.4 Å². The molecule has 4 nitrogen and oxygen atoms in total. The van der Waals surface area contributed by atoms with Gasteiger partial charge in [0.05, 0.1) is 25.8 Å². The number of amides is 1. The van der Waals surface area contributed by atoms with E-state index < -0.39 is 0 Å². The minimum absolute atomic E-state index is 0.00749. The van der Waals surface area contributed by atoms with Crippen LogP contribution in [0.4, 0.5) is 5.69 Å². The van der Waals surface area contributed by atoms with E-state index in [4.69, 9.17) is 4.74 Å². The average Bonchev–Trinajstić information content (AvgIpc) is 2.86. The third-order valence-corrected chi connectivity index (χ3v) is 3.56. The van der Waals surface area contributed by atoms with E-state index in [1.54, 1.807) is 12.0 Å². The Labute approximate surface area is 123 Å².